The number of nitrogens with one attached hydrogen (secondary N) is 2. The van der Waals surface area contributed by atoms with Gasteiger partial charge < -0.3 is 25.8 Å². The van der Waals surface area contributed by atoms with Crippen molar-refractivity contribution in [2.75, 3.05) is 42.5 Å². The van der Waals surface area contributed by atoms with Crippen LogP contribution in [0, 0.1) is 12.8 Å². The van der Waals surface area contributed by atoms with Crippen molar-refractivity contribution in [1.82, 2.24) is 9.80 Å². The first-order valence-corrected chi connectivity index (χ1v) is 17.6. The standard InChI is InChI=1S/C37H43N5O6S/c1-24-9-16-30(17-10-24)49(46,47)40-29-15-18-34-31(19-29)37(45)42(26(3)23-43)20-25(2)35(48-34)22-41(4)21-27-11-13-28(14-12-27)36(44)39-33-8-6-5-7-32(33)38/h5-19,25-26,35,40,43H,20-23,38H2,1-4H3,(H,39,44)/t25-,26+,35-/m1/s1. The molecule has 4 aromatic carbocycles. The van der Waals surface area contributed by atoms with Crippen LogP contribution in [0.3, 0.4) is 0 Å². The number of nitrogens with two attached hydrogens (primary N) is 1. The van der Waals surface area contributed by atoms with Gasteiger partial charge in [-0.2, -0.15) is 0 Å². The van der Waals surface area contributed by atoms with Crippen LogP contribution in [0.4, 0.5) is 17.1 Å². The molecule has 11 nitrogen and oxygen atoms in total. The monoisotopic (exact) mass is 685 g/mol. The average Bonchev–Trinajstić information content (AvgIpc) is 3.07. The van der Waals surface area contributed by atoms with Crippen LogP contribution in [-0.4, -0.2) is 74.0 Å². The molecule has 0 aromatic heterocycles. The quantitative estimate of drug-likeness (QED) is 0.161. The van der Waals surface area contributed by atoms with Gasteiger partial charge in [0.1, 0.15) is 11.9 Å². The second kappa shape index (κ2) is 15.1. The molecular formula is C37H43N5O6S. The molecule has 4 aromatic rings. The third kappa shape index (κ3) is 8.58. The number of aliphatic hydroxyl groups is 1. The Hall–Kier alpha value is -4.91. The zero-order valence-corrected chi connectivity index (χ0v) is 28.9. The molecule has 0 bridgehead atoms. The molecule has 0 saturated heterocycles. The van der Waals surface area contributed by atoms with E-state index in [1.807, 2.05) is 39.1 Å². The summed E-state index contributed by atoms with van der Waals surface area (Å²) in [5, 5.41) is 12.9. The minimum absolute atomic E-state index is 0.107. The van der Waals surface area contributed by atoms with E-state index in [0.29, 0.717) is 42.3 Å². The molecule has 1 aliphatic rings. The zero-order chi connectivity index (χ0) is 35.3. The van der Waals surface area contributed by atoms with Crippen LogP contribution in [0.15, 0.2) is 95.9 Å². The summed E-state index contributed by atoms with van der Waals surface area (Å²) in [6.45, 7) is 6.83. The van der Waals surface area contributed by atoms with Gasteiger partial charge in [-0.25, -0.2) is 8.42 Å². The van der Waals surface area contributed by atoms with Gasteiger partial charge in [-0.3, -0.25) is 19.2 Å². The predicted octanol–water partition coefficient (Wildman–Crippen LogP) is 4.98. The lowest BCUT2D eigenvalue weighted by atomic mass is 9.99. The lowest BCUT2D eigenvalue weighted by Crippen LogP contribution is -2.49. The molecule has 2 amide bonds. The molecule has 1 aliphatic heterocycles. The minimum atomic E-state index is -3.90. The van der Waals surface area contributed by atoms with Crippen LogP contribution < -0.4 is 20.5 Å². The van der Waals surface area contributed by atoms with Crippen molar-refractivity contribution in [2.45, 2.75) is 44.4 Å². The van der Waals surface area contributed by atoms with Gasteiger partial charge in [0.15, 0.2) is 0 Å². The van der Waals surface area contributed by atoms with E-state index in [1.165, 1.54) is 18.2 Å². The van der Waals surface area contributed by atoms with Crippen molar-refractivity contribution in [3.8, 4) is 5.75 Å². The molecule has 0 spiro atoms. The van der Waals surface area contributed by atoms with E-state index in [2.05, 4.69) is 14.9 Å². The lowest BCUT2D eigenvalue weighted by Gasteiger charge is -2.38. The maximum absolute atomic E-state index is 13.8. The van der Waals surface area contributed by atoms with Crippen molar-refractivity contribution < 1.29 is 27.9 Å². The average molecular weight is 686 g/mol. The molecule has 0 unspecified atom stereocenters. The maximum Gasteiger partial charge on any atom is 0.261 e. The Morgan fingerprint density at radius 2 is 1.76 bits per heavy atom. The third-order valence-corrected chi connectivity index (χ3v) is 10.0. The molecule has 0 saturated carbocycles. The van der Waals surface area contributed by atoms with E-state index < -0.39 is 16.1 Å². The zero-order valence-electron chi connectivity index (χ0n) is 28.1. The molecule has 1 heterocycles. The van der Waals surface area contributed by atoms with E-state index in [0.717, 1.165) is 11.1 Å². The SMILES string of the molecule is Cc1ccc(S(=O)(=O)Nc2ccc3c(c2)C(=O)N([C@@H](C)CO)C[C@@H](C)[C@@H](CN(C)Cc2ccc(C(=O)Nc4ccccc4N)cc2)O3)cc1. The molecule has 5 rings (SSSR count). The summed E-state index contributed by atoms with van der Waals surface area (Å²) < 4.78 is 35.3. The van der Waals surface area contributed by atoms with E-state index in [9.17, 15) is 23.1 Å². The topological polar surface area (TPSA) is 154 Å². The summed E-state index contributed by atoms with van der Waals surface area (Å²) in [5.41, 5.74) is 9.86. The smallest absolute Gasteiger partial charge is 0.261 e. The summed E-state index contributed by atoms with van der Waals surface area (Å²) in [7, 11) is -1.93. The Labute approximate surface area is 287 Å². The van der Waals surface area contributed by atoms with Crippen LogP contribution in [0.1, 0.15) is 45.7 Å². The first-order valence-electron chi connectivity index (χ1n) is 16.1. The van der Waals surface area contributed by atoms with Gasteiger partial charge in [0.25, 0.3) is 21.8 Å². The van der Waals surface area contributed by atoms with E-state index >= 15 is 0 Å². The first kappa shape index (κ1) is 35.4. The van der Waals surface area contributed by atoms with Crippen molar-refractivity contribution in [3.63, 3.8) is 0 Å². The Morgan fingerprint density at radius 3 is 2.43 bits per heavy atom. The maximum atomic E-state index is 13.8. The summed E-state index contributed by atoms with van der Waals surface area (Å²) in [6.07, 6.45) is -0.346. The fraction of sp³-hybridized carbons (Fsp3) is 0.297. The number of nitrogen functional groups attached to an aromatic ring is 1. The number of nitrogens with zero attached hydrogens (tertiary/aromatic N) is 2. The Balaban J connectivity index is 1.32. The Bertz CT molecular complexity index is 1900. The van der Waals surface area contributed by atoms with Crippen molar-refractivity contribution in [3.05, 3.63) is 113 Å². The number of hydrogen-bond donors (Lipinski definition) is 4. The number of carbonyl (C=O) groups is 2. The largest absolute Gasteiger partial charge is 0.488 e. The first-order chi connectivity index (χ1) is 23.3. The highest BCUT2D eigenvalue weighted by atomic mass is 32.2. The van der Waals surface area contributed by atoms with Gasteiger partial charge >= 0.3 is 0 Å². The van der Waals surface area contributed by atoms with E-state index in [1.54, 1.807) is 66.4 Å². The number of aliphatic hydroxyl groups excluding tert-OH is 1. The highest BCUT2D eigenvalue weighted by molar-refractivity contribution is 7.92. The summed E-state index contributed by atoms with van der Waals surface area (Å²) in [5.74, 6) is -0.385. The molecule has 49 heavy (non-hydrogen) atoms. The normalized spacial score (nSPS) is 17.0. The molecule has 0 aliphatic carbocycles. The number of fused-ring (bicyclic) bond motifs is 1. The highest BCUT2D eigenvalue weighted by Gasteiger charge is 2.34. The molecule has 0 fully saturated rings. The van der Waals surface area contributed by atoms with E-state index in [-0.39, 0.29) is 46.6 Å². The van der Waals surface area contributed by atoms with Gasteiger partial charge in [-0.05, 0) is 81.1 Å². The van der Waals surface area contributed by atoms with Gasteiger partial charge in [-0.1, -0.05) is 48.9 Å². The van der Waals surface area contributed by atoms with Gasteiger partial charge in [0.2, 0.25) is 0 Å². The third-order valence-electron chi connectivity index (χ3n) is 8.62. The number of amides is 2. The number of benzene rings is 4. The van der Waals surface area contributed by atoms with Crippen LogP contribution in [-0.2, 0) is 16.6 Å². The second-order valence-corrected chi connectivity index (χ2v) is 14.4. The van der Waals surface area contributed by atoms with Crippen LogP contribution in [0.25, 0.3) is 0 Å². The van der Waals surface area contributed by atoms with Crippen LogP contribution in [0.2, 0.25) is 0 Å². The number of aryl methyl sites for hydroxylation is 1. The van der Waals surface area contributed by atoms with Crippen molar-refractivity contribution >= 4 is 38.9 Å². The number of sulfonamides is 1. The van der Waals surface area contributed by atoms with Gasteiger partial charge in [0.05, 0.1) is 34.5 Å². The molecule has 0 radical (unpaired) electrons. The molecule has 5 N–H and O–H groups in total. The second-order valence-electron chi connectivity index (χ2n) is 12.7. The molecule has 3 atom stereocenters. The fourth-order valence-electron chi connectivity index (χ4n) is 5.69. The van der Waals surface area contributed by atoms with Gasteiger partial charge in [0, 0.05) is 36.8 Å². The van der Waals surface area contributed by atoms with Crippen molar-refractivity contribution in [1.29, 1.82) is 0 Å². The fourth-order valence-corrected chi connectivity index (χ4v) is 6.74. The molecular weight excluding hydrogens is 643 g/mol. The Morgan fingerprint density at radius 1 is 1.06 bits per heavy atom. The van der Waals surface area contributed by atoms with Gasteiger partial charge in [-0.15, -0.1) is 0 Å². The number of anilines is 3. The lowest BCUT2D eigenvalue weighted by molar-refractivity contribution is 0.0341. The summed E-state index contributed by atoms with van der Waals surface area (Å²) >= 11 is 0. The summed E-state index contributed by atoms with van der Waals surface area (Å²) in [4.78, 5) is 30.4. The minimum Gasteiger partial charge on any atom is -0.488 e. The van der Waals surface area contributed by atoms with Crippen molar-refractivity contribution in [2.24, 2.45) is 5.92 Å². The number of carbonyl (C=O) groups excluding carboxylic acids is 2. The van der Waals surface area contributed by atoms with E-state index in [4.69, 9.17) is 10.5 Å². The highest BCUT2D eigenvalue weighted by Crippen LogP contribution is 2.31. The molecule has 258 valence electrons. The predicted molar refractivity (Wildman–Crippen MR) is 191 cm³/mol. The number of para-hydroxylation sites is 2. The van der Waals surface area contributed by atoms with Crippen LogP contribution in [0.5, 0.6) is 5.75 Å². The number of likely N-dealkylation sites (N-methyl/N-ethyl adjacent to an activating group) is 1. The number of hydrogen-bond acceptors (Lipinski definition) is 8. The molecule has 12 heteroatoms. The number of ether oxygens (including phenoxy) is 1. The van der Waals surface area contributed by atoms with Crippen LogP contribution >= 0.6 is 0 Å². The summed E-state index contributed by atoms with van der Waals surface area (Å²) in [6, 6.07) is 25.1. The number of rotatable bonds is 11. The Kier molecular flexibility index (Phi) is 10.9.